The molecule has 0 saturated carbocycles. The molecule has 2 N–H and O–H groups in total. The first-order chi connectivity index (χ1) is 16.3. The van der Waals surface area contributed by atoms with Crippen molar-refractivity contribution < 1.29 is 9.90 Å². The maximum Gasteiger partial charge on any atom is 0.312 e. The van der Waals surface area contributed by atoms with Crippen LogP contribution in [0.15, 0.2) is 67.6 Å². The summed E-state index contributed by atoms with van der Waals surface area (Å²) >= 11 is 4.13. The van der Waals surface area contributed by atoms with Gasteiger partial charge in [0.05, 0.1) is 29.0 Å². The second kappa shape index (κ2) is 8.26. The molecule has 1 aliphatic heterocycles. The fraction of sp³-hybridized carbons (Fsp3) is 0.130. The number of carbonyl (C=O) groups excluding carboxylic acids is 1. The van der Waals surface area contributed by atoms with Crippen molar-refractivity contribution in [3.8, 4) is 11.6 Å². The number of halogens is 1. The summed E-state index contributed by atoms with van der Waals surface area (Å²) in [7, 11) is 1.77. The summed E-state index contributed by atoms with van der Waals surface area (Å²) in [6, 6.07) is 14.4. The molecule has 0 unspecified atom stereocenters. The van der Waals surface area contributed by atoms with E-state index in [1.54, 1.807) is 36.9 Å². The van der Waals surface area contributed by atoms with Crippen molar-refractivity contribution in [2.75, 3.05) is 5.32 Å². The standard InChI is InChI=1S/C23H18BrN5O4S/c1-12-18(21(31)29(27(12)2)14-6-4-3-5-7-14)25-11-28-22(32)19(34-23(28)33)17-15-10-13(24)8-9-16(15)26-20(17)30/h3-10,25,32H,11H2,1-2H3. The summed E-state index contributed by atoms with van der Waals surface area (Å²) in [5, 5.41) is 14.9. The Labute approximate surface area is 204 Å². The lowest BCUT2D eigenvalue weighted by molar-refractivity contribution is -0.112. The van der Waals surface area contributed by atoms with Crippen molar-refractivity contribution in [1.82, 2.24) is 13.9 Å². The Kier molecular flexibility index (Phi) is 5.37. The van der Waals surface area contributed by atoms with Gasteiger partial charge in [0.1, 0.15) is 10.6 Å². The number of nitrogens with one attached hydrogen (secondary N) is 1. The van der Waals surface area contributed by atoms with E-state index in [4.69, 9.17) is 0 Å². The monoisotopic (exact) mass is 539 g/mol. The summed E-state index contributed by atoms with van der Waals surface area (Å²) in [6.07, 6.45) is 0. The quantitative estimate of drug-likeness (QED) is 0.400. The van der Waals surface area contributed by atoms with Crippen LogP contribution in [0.25, 0.3) is 11.3 Å². The lowest BCUT2D eigenvalue weighted by Crippen LogP contribution is -2.23. The van der Waals surface area contributed by atoms with E-state index in [1.807, 2.05) is 30.3 Å². The van der Waals surface area contributed by atoms with Crippen LogP contribution in [0.5, 0.6) is 5.88 Å². The number of fused-ring (bicyclic) bond motifs is 1. The molecule has 2 aromatic heterocycles. The van der Waals surface area contributed by atoms with Gasteiger partial charge in [-0.2, -0.15) is 0 Å². The molecular weight excluding hydrogens is 522 g/mol. The first-order valence-corrected chi connectivity index (χ1v) is 11.8. The van der Waals surface area contributed by atoms with E-state index < -0.39 is 10.8 Å². The third kappa shape index (κ3) is 3.44. The zero-order valence-electron chi connectivity index (χ0n) is 18.1. The molecule has 0 fully saturated rings. The fourth-order valence-electron chi connectivity index (χ4n) is 3.94. The molecule has 9 nitrogen and oxygen atoms in total. The molecule has 5 rings (SSSR count). The molecular formula is C23H18BrN5O4S. The molecule has 0 aliphatic carbocycles. The van der Waals surface area contributed by atoms with Crippen LogP contribution in [0.2, 0.25) is 0 Å². The minimum Gasteiger partial charge on any atom is -0.493 e. The normalized spacial score (nSPS) is 12.7. The summed E-state index contributed by atoms with van der Waals surface area (Å²) < 4.78 is 5.07. The molecule has 0 radical (unpaired) electrons. The Morgan fingerprint density at radius 3 is 2.59 bits per heavy atom. The average Bonchev–Trinajstić information content (AvgIpc) is 3.36. The lowest BCUT2D eigenvalue weighted by Gasteiger charge is -2.07. The van der Waals surface area contributed by atoms with E-state index in [0.29, 0.717) is 27.6 Å². The van der Waals surface area contributed by atoms with E-state index >= 15 is 0 Å². The molecule has 1 amide bonds. The van der Waals surface area contributed by atoms with Crippen molar-refractivity contribution in [3.05, 3.63) is 94.2 Å². The van der Waals surface area contributed by atoms with Crippen LogP contribution in [0.4, 0.5) is 5.69 Å². The average molecular weight is 540 g/mol. The van der Waals surface area contributed by atoms with Crippen LogP contribution >= 0.6 is 27.3 Å². The van der Waals surface area contributed by atoms with Gasteiger partial charge < -0.3 is 10.4 Å². The number of anilines is 1. The highest BCUT2D eigenvalue weighted by molar-refractivity contribution is 9.10. The number of amides is 1. The molecule has 1 aliphatic rings. The Hall–Kier alpha value is -3.70. The molecule has 0 spiro atoms. The lowest BCUT2D eigenvalue weighted by atomic mass is 10.1. The number of hydrogen-bond donors (Lipinski definition) is 2. The second-order valence-corrected chi connectivity index (χ2v) is 9.55. The summed E-state index contributed by atoms with van der Waals surface area (Å²) in [5.74, 6) is -0.875. The maximum atomic E-state index is 13.1. The fourth-order valence-corrected chi connectivity index (χ4v) is 5.23. The van der Waals surface area contributed by atoms with Crippen molar-refractivity contribution in [1.29, 1.82) is 0 Å². The summed E-state index contributed by atoms with van der Waals surface area (Å²) in [4.78, 5) is 42.1. The Morgan fingerprint density at radius 1 is 1.12 bits per heavy atom. The van der Waals surface area contributed by atoms with Crippen LogP contribution < -0.4 is 26.3 Å². The molecule has 11 heteroatoms. The van der Waals surface area contributed by atoms with Gasteiger partial charge in [0, 0.05) is 16.7 Å². The summed E-state index contributed by atoms with van der Waals surface area (Å²) in [5.41, 5.74) is 1.56. The number of aromatic nitrogens is 3. The minimum atomic E-state index is -0.519. The first kappa shape index (κ1) is 22.1. The van der Waals surface area contributed by atoms with E-state index in [2.05, 4.69) is 26.2 Å². The predicted molar refractivity (Wildman–Crippen MR) is 132 cm³/mol. The molecule has 0 atom stereocenters. The number of carbonyl (C=O) groups is 1. The number of benzene rings is 2. The highest BCUT2D eigenvalue weighted by Gasteiger charge is 2.26. The van der Waals surface area contributed by atoms with Crippen molar-refractivity contribution in [3.63, 3.8) is 0 Å². The molecule has 0 bridgehead atoms. The number of aromatic hydroxyl groups is 1. The highest BCUT2D eigenvalue weighted by Crippen LogP contribution is 2.28. The predicted octanol–water partition coefficient (Wildman–Crippen LogP) is 1.60. The molecule has 2 aromatic carbocycles. The van der Waals surface area contributed by atoms with Gasteiger partial charge in [0.2, 0.25) is 5.88 Å². The molecule has 0 saturated heterocycles. The Balaban J connectivity index is 1.53. The molecule has 4 aromatic rings. The zero-order chi connectivity index (χ0) is 24.1. The van der Waals surface area contributed by atoms with Gasteiger partial charge in [-0.1, -0.05) is 45.5 Å². The smallest absolute Gasteiger partial charge is 0.312 e. The largest absolute Gasteiger partial charge is 0.493 e. The maximum absolute atomic E-state index is 13.1. The molecule has 3 heterocycles. The zero-order valence-corrected chi connectivity index (χ0v) is 20.5. The van der Waals surface area contributed by atoms with Gasteiger partial charge in [-0.05, 0) is 37.3 Å². The van der Waals surface area contributed by atoms with Crippen molar-refractivity contribution >= 4 is 44.4 Å². The summed E-state index contributed by atoms with van der Waals surface area (Å²) in [6.45, 7) is 1.63. The number of hydrogen-bond acceptors (Lipinski definition) is 6. The number of rotatable bonds is 5. The number of thiazole rings is 1. The van der Waals surface area contributed by atoms with Crippen LogP contribution in [0.3, 0.4) is 0 Å². The van der Waals surface area contributed by atoms with Gasteiger partial charge in [-0.25, -0.2) is 9.67 Å². The number of nitrogens with zero attached hydrogens (tertiary/aromatic N) is 4. The van der Waals surface area contributed by atoms with Crippen molar-refractivity contribution in [2.24, 2.45) is 12.0 Å². The van der Waals surface area contributed by atoms with E-state index in [0.717, 1.165) is 20.4 Å². The van der Waals surface area contributed by atoms with Gasteiger partial charge in [-0.15, -0.1) is 0 Å². The first-order valence-electron chi connectivity index (χ1n) is 10.2. The van der Waals surface area contributed by atoms with Crippen molar-refractivity contribution in [2.45, 2.75) is 13.6 Å². The third-order valence-corrected chi connectivity index (χ3v) is 7.21. The third-order valence-electron chi connectivity index (χ3n) is 5.73. The SMILES string of the molecule is Cc1c(NCn2c(O)c(C3=c4cc(Br)ccc4=NC3=O)sc2=O)c(=O)n(-c2ccccc2)n1C. The Bertz CT molecular complexity index is 1710. The van der Waals surface area contributed by atoms with Gasteiger partial charge in [-0.3, -0.25) is 23.6 Å². The highest BCUT2D eigenvalue weighted by atomic mass is 79.9. The minimum absolute atomic E-state index is 0.142. The van der Waals surface area contributed by atoms with Crippen LogP contribution in [0.1, 0.15) is 10.6 Å². The molecule has 34 heavy (non-hydrogen) atoms. The van der Waals surface area contributed by atoms with Crippen LogP contribution in [0, 0.1) is 6.92 Å². The van der Waals surface area contributed by atoms with Crippen LogP contribution in [-0.4, -0.2) is 24.9 Å². The van der Waals surface area contributed by atoms with Crippen LogP contribution in [-0.2, 0) is 18.5 Å². The number of para-hydroxylation sites is 1. The van der Waals surface area contributed by atoms with E-state index in [9.17, 15) is 19.5 Å². The topological polar surface area (TPSA) is 111 Å². The van der Waals surface area contributed by atoms with E-state index in [1.165, 1.54) is 4.68 Å². The van der Waals surface area contributed by atoms with Gasteiger partial charge in [0.25, 0.3) is 11.5 Å². The Morgan fingerprint density at radius 2 is 1.85 bits per heavy atom. The van der Waals surface area contributed by atoms with E-state index in [-0.39, 0.29) is 28.6 Å². The second-order valence-electron chi connectivity index (χ2n) is 7.67. The van der Waals surface area contributed by atoms with Gasteiger partial charge >= 0.3 is 4.87 Å². The van der Waals surface area contributed by atoms with Gasteiger partial charge in [0.15, 0.2) is 0 Å². The molecule has 172 valence electrons.